The highest BCUT2D eigenvalue weighted by Gasteiger charge is 2.36. The number of thiazole rings is 1. The van der Waals surface area contributed by atoms with Crippen LogP contribution in [0.1, 0.15) is 26.3 Å². The minimum atomic E-state index is -0.513. The Kier molecular flexibility index (Phi) is 5.38. The van der Waals surface area contributed by atoms with Crippen molar-refractivity contribution in [3.63, 3.8) is 0 Å². The summed E-state index contributed by atoms with van der Waals surface area (Å²) in [5, 5.41) is 0. The summed E-state index contributed by atoms with van der Waals surface area (Å²) < 4.78 is 3.08. The van der Waals surface area contributed by atoms with Crippen LogP contribution in [0.3, 0.4) is 0 Å². The fraction of sp³-hybridized carbons (Fsp3) is 0.238. The molecule has 0 saturated carbocycles. The van der Waals surface area contributed by atoms with Gasteiger partial charge in [0.15, 0.2) is 4.80 Å². The van der Waals surface area contributed by atoms with E-state index in [-0.39, 0.29) is 6.54 Å². The van der Waals surface area contributed by atoms with Crippen molar-refractivity contribution in [3.8, 4) is 0 Å². The Bertz CT molecular complexity index is 1170. The third-order valence-electron chi connectivity index (χ3n) is 4.75. The summed E-state index contributed by atoms with van der Waals surface area (Å²) >= 11 is 3.16. The molecule has 0 bridgehead atoms. The van der Waals surface area contributed by atoms with Crippen molar-refractivity contribution in [1.82, 2.24) is 9.47 Å². The minimum Gasteiger partial charge on any atom is -0.316 e. The number of fused-ring (bicyclic) bond motifs is 2. The van der Waals surface area contributed by atoms with Gasteiger partial charge in [0.1, 0.15) is 6.54 Å². The maximum Gasteiger partial charge on any atom is 0.268 e. The Morgan fingerprint density at radius 2 is 1.79 bits per heavy atom. The number of carbonyl (C=O) groups excluding carboxylic acids is 3. The zero-order valence-electron chi connectivity index (χ0n) is 16.0. The summed E-state index contributed by atoms with van der Waals surface area (Å²) in [6, 6.07) is 12.7. The van der Waals surface area contributed by atoms with Crippen LogP contribution in [0, 0.1) is 6.92 Å². The molecule has 1 aromatic heterocycles. The molecule has 0 fully saturated rings. The van der Waals surface area contributed by atoms with Gasteiger partial charge in [0.2, 0.25) is 0 Å². The van der Waals surface area contributed by atoms with Crippen LogP contribution < -0.4 is 4.80 Å². The van der Waals surface area contributed by atoms with Crippen LogP contribution in [0.5, 0.6) is 0 Å². The lowest BCUT2D eigenvalue weighted by molar-refractivity contribution is -0.118. The van der Waals surface area contributed by atoms with Gasteiger partial charge in [0.25, 0.3) is 17.7 Å². The van der Waals surface area contributed by atoms with E-state index in [1.165, 1.54) is 11.3 Å². The molecule has 4 rings (SSSR count). The lowest BCUT2D eigenvalue weighted by Gasteiger charge is -2.10. The average Bonchev–Trinajstić information content (AvgIpc) is 3.16. The van der Waals surface area contributed by atoms with E-state index < -0.39 is 17.7 Å². The van der Waals surface area contributed by atoms with E-state index in [0.29, 0.717) is 15.9 Å². The van der Waals surface area contributed by atoms with E-state index in [4.69, 9.17) is 0 Å². The largest absolute Gasteiger partial charge is 0.316 e. The molecule has 6 nitrogen and oxygen atoms in total. The third-order valence-corrected chi connectivity index (χ3v) is 6.38. The van der Waals surface area contributed by atoms with Gasteiger partial charge in [-0.15, -0.1) is 0 Å². The predicted molar refractivity (Wildman–Crippen MR) is 115 cm³/mol. The molecular formula is C21H19N3O3S2. The quantitative estimate of drug-likeness (QED) is 0.589. The molecular weight excluding hydrogens is 406 g/mol. The van der Waals surface area contributed by atoms with E-state index in [9.17, 15) is 14.4 Å². The van der Waals surface area contributed by atoms with Gasteiger partial charge >= 0.3 is 0 Å². The number of aryl methyl sites for hydroxylation is 2. The summed E-state index contributed by atoms with van der Waals surface area (Å²) in [6.45, 7) is 2.39. The first-order valence-corrected chi connectivity index (χ1v) is 11.3. The molecule has 8 heteroatoms. The van der Waals surface area contributed by atoms with E-state index in [1.54, 1.807) is 36.0 Å². The molecule has 2 aromatic carbocycles. The Labute approximate surface area is 175 Å². The van der Waals surface area contributed by atoms with Crippen LogP contribution in [-0.2, 0) is 11.3 Å². The molecule has 1 aliphatic rings. The number of carbonyl (C=O) groups is 3. The molecule has 3 aromatic rings. The molecule has 3 amide bonds. The molecule has 29 heavy (non-hydrogen) atoms. The predicted octanol–water partition coefficient (Wildman–Crippen LogP) is 3.10. The van der Waals surface area contributed by atoms with E-state index in [1.807, 2.05) is 29.9 Å². The van der Waals surface area contributed by atoms with Crippen LogP contribution >= 0.6 is 23.1 Å². The topological polar surface area (TPSA) is 71.7 Å². The van der Waals surface area contributed by atoms with Gasteiger partial charge in [-0.2, -0.15) is 16.8 Å². The molecule has 0 spiro atoms. The van der Waals surface area contributed by atoms with Crippen LogP contribution in [-0.4, -0.2) is 45.7 Å². The van der Waals surface area contributed by atoms with Gasteiger partial charge in [0.05, 0.1) is 21.3 Å². The fourth-order valence-electron chi connectivity index (χ4n) is 3.32. The summed E-state index contributed by atoms with van der Waals surface area (Å²) in [6.07, 6.45) is 2.03. The summed E-state index contributed by atoms with van der Waals surface area (Å²) in [5.74, 6) is -0.520. The fourth-order valence-corrected chi connectivity index (χ4v) is 4.86. The number of thioether (sulfide) groups is 1. The zero-order valence-corrected chi connectivity index (χ0v) is 17.7. The molecule has 0 radical (unpaired) electrons. The molecule has 148 valence electrons. The third kappa shape index (κ3) is 3.65. The summed E-state index contributed by atoms with van der Waals surface area (Å²) in [5.41, 5.74) is 2.83. The molecule has 0 aliphatic carbocycles. The molecule has 1 aliphatic heterocycles. The number of amides is 3. The smallest absolute Gasteiger partial charge is 0.268 e. The van der Waals surface area contributed by atoms with Crippen LogP contribution in [0.4, 0.5) is 0 Å². The molecule has 0 atom stereocenters. The Hall–Kier alpha value is -2.71. The molecule has 0 unspecified atom stereocenters. The van der Waals surface area contributed by atoms with Gasteiger partial charge in [-0.3, -0.25) is 19.3 Å². The van der Waals surface area contributed by atoms with Crippen molar-refractivity contribution >= 4 is 51.0 Å². The maximum absolute atomic E-state index is 12.7. The lowest BCUT2D eigenvalue weighted by Crippen LogP contribution is -2.35. The van der Waals surface area contributed by atoms with Crippen LogP contribution in [0.25, 0.3) is 10.2 Å². The minimum absolute atomic E-state index is 0.331. The van der Waals surface area contributed by atoms with Gasteiger partial charge in [-0.1, -0.05) is 29.5 Å². The number of imide groups is 1. The second-order valence-corrected chi connectivity index (χ2v) is 8.74. The number of benzene rings is 2. The van der Waals surface area contributed by atoms with Crippen molar-refractivity contribution in [2.45, 2.75) is 13.5 Å². The lowest BCUT2D eigenvalue weighted by atomic mass is 10.1. The highest BCUT2D eigenvalue weighted by atomic mass is 32.2. The van der Waals surface area contributed by atoms with Crippen molar-refractivity contribution in [3.05, 3.63) is 64.0 Å². The highest BCUT2D eigenvalue weighted by Crippen LogP contribution is 2.22. The van der Waals surface area contributed by atoms with Crippen LogP contribution in [0.2, 0.25) is 0 Å². The monoisotopic (exact) mass is 425 g/mol. The van der Waals surface area contributed by atoms with E-state index in [2.05, 4.69) is 11.1 Å². The van der Waals surface area contributed by atoms with Gasteiger partial charge in [0, 0.05) is 12.3 Å². The Balaban J connectivity index is 1.66. The molecule has 2 heterocycles. The van der Waals surface area contributed by atoms with E-state index >= 15 is 0 Å². The van der Waals surface area contributed by atoms with Gasteiger partial charge in [-0.25, -0.2) is 0 Å². The number of aromatic nitrogens is 1. The number of hydrogen-bond donors (Lipinski definition) is 0. The second-order valence-electron chi connectivity index (χ2n) is 6.75. The van der Waals surface area contributed by atoms with Crippen LogP contribution in [0.15, 0.2) is 47.5 Å². The standard InChI is InChI=1S/C21H19N3O3S2/c1-13-7-8-16-17(11-13)29-21(23(16)9-10-28-2)22-18(25)12-24-19(26)14-5-3-4-6-15(14)20(24)27/h3-8,11H,9-10,12H2,1-2H3. The number of nitrogens with zero attached hydrogens (tertiary/aromatic N) is 3. The second kappa shape index (κ2) is 7.96. The van der Waals surface area contributed by atoms with Crippen molar-refractivity contribution in [1.29, 1.82) is 0 Å². The van der Waals surface area contributed by atoms with E-state index in [0.717, 1.165) is 33.0 Å². The normalized spacial score (nSPS) is 14.1. The Morgan fingerprint density at radius 3 is 2.45 bits per heavy atom. The van der Waals surface area contributed by atoms with Crippen molar-refractivity contribution in [2.75, 3.05) is 18.6 Å². The van der Waals surface area contributed by atoms with Crippen molar-refractivity contribution in [2.24, 2.45) is 4.99 Å². The number of rotatable bonds is 5. The average molecular weight is 426 g/mol. The van der Waals surface area contributed by atoms with Gasteiger partial charge in [-0.05, 0) is 43.0 Å². The maximum atomic E-state index is 12.7. The molecule has 0 N–H and O–H groups in total. The SMILES string of the molecule is CSCCn1c(=NC(=O)CN2C(=O)c3ccccc3C2=O)sc2cc(C)ccc21. The number of hydrogen-bond acceptors (Lipinski definition) is 5. The van der Waals surface area contributed by atoms with Crippen molar-refractivity contribution < 1.29 is 14.4 Å². The zero-order chi connectivity index (χ0) is 20.5. The molecule has 0 saturated heterocycles. The summed E-state index contributed by atoms with van der Waals surface area (Å²) in [4.78, 5) is 43.4. The highest BCUT2D eigenvalue weighted by molar-refractivity contribution is 7.98. The van der Waals surface area contributed by atoms with Gasteiger partial charge < -0.3 is 4.57 Å². The first-order chi connectivity index (χ1) is 14.0. The first kappa shape index (κ1) is 19.6. The Morgan fingerprint density at radius 1 is 1.10 bits per heavy atom. The first-order valence-electron chi connectivity index (χ1n) is 9.11. The summed E-state index contributed by atoms with van der Waals surface area (Å²) in [7, 11) is 0.